The van der Waals surface area contributed by atoms with Gasteiger partial charge in [0.05, 0.1) is 0 Å². The summed E-state index contributed by atoms with van der Waals surface area (Å²) in [6.45, 7) is 30.4. The van der Waals surface area contributed by atoms with Gasteiger partial charge in [-0.3, -0.25) is 38.6 Å². The van der Waals surface area contributed by atoms with Crippen molar-refractivity contribution >= 4 is 23.3 Å². The molecule has 0 unspecified atom stereocenters. The van der Waals surface area contributed by atoms with Crippen LogP contribution < -0.4 is 0 Å². The first kappa shape index (κ1) is 47.8. The molecule has 0 N–H and O–H groups in total. The first-order valence-corrected chi connectivity index (χ1v) is 21.2. The summed E-state index contributed by atoms with van der Waals surface area (Å²) in [7, 11) is 0. The average Bonchev–Trinajstić information content (AvgIpc) is 3.45. The van der Waals surface area contributed by atoms with Gasteiger partial charge >= 0.3 is 0 Å². The molecular formula is C40H72N12O8. The van der Waals surface area contributed by atoms with Crippen LogP contribution in [0.3, 0.4) is 0 Å². The van der Waals surface area contributed by atoms with Crippen LogP contribution >= 0.6 is 0 Å². The van der Waals surface area contributed by atoms with E-state index >= 15 is 0 Å². The lowest BCUT2D eigenvalue weighted by Crippen LogP contribution is -2.55. The van der Waals surface area contributed by atoms with E-state index in [2.05, 4.69) is 0 Å². The van der Waals surface area contributed by atoms with E-state index in [-0.39, 0.29) is 49.5 Å². The summed E-state index contributed by atoms with van der Waals surface area (Å²) in [5.41, 5.74) is -8.21. The van der Waals surface area contributed by atoms with Crippen LogP contribution in [0.4, 0.5) is 0 Å². The van der Waals surface area contributed by atoms with Crippen molar-refractivity contribution in [2.45, 2.75) is 155 Å². The van der Waals surface area contributed by atoms with Crippen molar-refractivity contribution in [2.24, 2.45) is 0 Å². The molecule has 340 valence electrons. The molecule has 5 aliphatic heterocycles. The molecule has 60 heavy (non-hydrogen) atoms. The standard InChI is InChI=1S/C40H72N12O8/c1-33(2)34(3,4)46(54)29(45(33)53)25-41-17-19-42(26-30-47(55)35(5,6)36(7,8)48(30)56)21-23-44(28-32-51(59)39(13,14)40(15,16)52(32)60)24-22-43(20-18-41)27-31-49(57)37(9,10)38(11,12)50(31)58/h17-28H2,1-16H3. The second kappa shape index (κ2) is 15.2. The molecule has 0 amide bonds. The van der Waals surface area contributed by atoms with E-state index in [1.165, 1.54) is 0 Å². The second-order valence-electron chi connectivity index (χ2n) is 21.6. The molecule has 1 fully saturated rings. The lowest BCUT2D eigenvalue weighted by Gasteiger charge is -2.34. The zero-order valence-electron chi connectivity index (χ0n) is 39.1. The molecule has 0 bridgehead atoms. The van der Waals surface area contributed by atoms with Crippen LogP contribution in [0.1, 0.15) is 111 Å². The highest BCUT2D eigenvalue weighted by atomic mass is 16.6. The summed E-state index contributed by atoms with van der Waals surface area (Å²) in [5, 5.41) is 113. The Balaban J connectivity index is 1.54. The number of amidine groups is 4. The topological polar surface area (TPSA) is 210 Å². The third-order valence-corrected chi connectivity index (χ3v) is 16.3. The van der Waals surface area contributed by atoms with Crippen molar-refractivity contribution in [3.8, 4) is 0 Å². The van der Waals surface area contributed by atoms with Gasteiger partial charge in [-0.25, -0.2) is 0 Å². The Morgan fingerprint density at radius 3 is 0.567 bits per heavy atom. The Hall–Kier alpha value is -3.24. The Labute approximate surface area is 356 Å². The fourth-order valence-corrected chi connectivity index (χ4v) is 8.42. The van der Waals surface area contributed by atoms with Crippen LogP contribution in [0.2, 0.25) is 0 Å². The first-order valence-electron chi connectivity index (χ1n) is 21.2. The minimum absolute atomic E-state index is 0.00617. The molecule has 5 rings (SSSR count). The number of hydroxylamine groups is 12. The minimum Gasteiger partial charge on any atom is -0.715 e. The lowest BCUT2D eigenvalue weighted by molar-refractivity contribution is -0.541. The Morgan fingerprint density at radius 1 is 0.333 bits per heavy atom. The van der Waals surface area contributed by atoms with E-state index in [0.717, 1.165) is 39.2 Å². The Morgan fingerprint density at radius 2 is 0.467 bits per heavy atom. The fraction of sp³-hybridized carbons (Fsp3) is 0.900. The van der Waals surface area contributed by atoms with Gasteiger partial charge in [0.25, 0.3) is 23.3 Å². The van der Waals surface area contributed by atoms with Crippen LogP contribution in [-0.4, -0.2) is 205 Å². The van der Waals surface area contributed by atoms with E-state index in [1.54, 1.807) is 111 Å². The van der Waals surface area contributed by atoms with Crippen LogP contribution in [-0.2, 0) is 20.8 Å². The smallest absolute Gasteiger partial charge is 0.298 e. The molecule has 0 aliphatic carbocycles. The predicted molar refractivity (Wildman–Crippen MR) is 223 cm³/mol. The average molecular weight is 849 g/mol. The van der Waals surface area contributed by atoms with Gasteiger partial charge in [-0.2, -0.15) is 0 Å². The molecule has 5 heterocycles. The molecule has 0 spiro atoms. The number of hydrogen-bond donors (Lipinski definition) is 0. The summed E-state index contributed by atoms with van der Waals surface area (Å²) < 4.78 is 3.16. The lowest BCUT2D eigenvalue weighted by atomic mass is 9.84. The third-order valence-electron chi connectivity index (χ3n) is 16.3. The molecule has 0 saturated carbocycles. The van der Waals surface area contributed by atoms with E-state index in [9.17, 15) is 41.7 Å². The number of hydrogen-bond acceptors (Lipinski definition) is 12. The summed E-state index contributed by atoms with van der Waals surface area (Å²) in [6, 6.07) is 0. The quantitative estimate of drug-likeness (QED) is 0.253. The first-order chi connectivity index (χ1) is 27.1. The SMILES string of the molecule is CC1(C)N([O])C(CN2CCN(CC3=[N+]([O-])C(C)(C)C(C)(C)N3[O])CCN(CC3=[N+]([O-])C(C)(C)C(C)(C)N3[O])CCN(CC3=[N+]([O-])C(C)(C)C(C)(C)N3[O])CC2)=[N+]([O-])C1(C)C. The van der Waals surface area contributed by atoms with Crippen molar-refractivity contribution < 1.29 is 39.8 Å². The number of rotatable bonds is 8. The zero-order valence-corrected chi connectivity index (χ0v) is 39.1. The van der Waals surface area contributed by atoms with Gasteiger partial charge in [0.15, 0.2) is 22.2 Å². The van der Waals surface area contributed by atoms with E-state index in [1.807, 2.05) is 19.6 Å². The van der Waals surface area contributed by atoms with E-state index in [4.69, 9.17) is 0 Å². The molecule has 20 heteroatoms. The van der Waals surface area contributed by atoms with Crippen LogP contribution in [0.5, 0.6) is 0 Å². The van der Waals surface area contributed by atoms with Gasteiger partial charge in [0.1, 0.15) is 48.3 Å². The molecule has 0 aromatic rings. The van der Waals surface area contributed by atoms with Gasteiger partial charge in [0.2, 0.25) is 0 Å². The summed E-state index contributed by atoms with van der Waals surface area (Å²) in [6.07, 6.45) is 0. The highest BCUT2D eigenvalue weighted by Crippen LogP contribution is 2.39. The van der Waals surface area contributed by atoms with Gasteiger partial charge in [0, 0.05) is 73.2 Å². The summed E-state index contributed by atoms with van der Waals surface area (Å²) in [5.74, 6) is 0.224. The monoisotopic (exact) mass is 849 g/mol. The zero-order chi connectivity index (χ0) is 45.7. The molecule has 1 saturated heterocycles. The van der Waals surface area contributed by atoms with Gasteiger partial charge in [-0.15, -0.1) is 0 Å². The molecule has 0 aromatic heterocycles. The van der Waals surface area contributed by atoms with Crippen LogP contribution in [0, 0.1) is 20.8 Å². The third kappa shape index (κ3) is 7.15. The molecule has 0 aromatic carbocycles. The summed E-state index contributed by atoms with van der Waals surface area (Å²) in [4.78, 5) is 7.94. The van der Waals surface area contributed by atoms with Crippen molar-refractivity contribution in [1.82, 2.24) is 39.9 Å². The maximum absolute atomic E-state index is 13.7. The molecular weight excluding hydrogens is 777 g/mol. The highest BCUT2D eigenvalue weighted by Gasteiger charge is 2.63. The molecule has 5 aliphatic rings. The van der Waals surface area contributed by atoms with Gasteiger partial charge in [-0.05, 0) is 111 Å². The normalized spacial score (nSPS) is 28.7. The largest absolute Gasteiger partial charge is 0.715 e. The van der Waals surface area contributed by atoms with Crippen molar-refractivity contribution in [3.05, 3.63) is 20.8 Å². The fourth-order valence-electron chi connectivity index (χ4n) is 8.42. The molecule has 20 nitrogen and oxygen atoms in total. The van der Waals surface area contributed by atoms with Crippen LogP contribution in [0.15, 0.2) is 0 Å². The maximum Gasteiger partial charge on any atom is 0.298 e. The Bertz CT molecular complexity index is 1530. The second-order valence-corrected chi connectivity index (χ2v) is 21.6. The Kier molecular flexibility index (Phi) is 12.1. The van der Waals surface area contributed by atoms with Crippen molar-refractivity contribution in [2.75, 3.05) is 78.5 Å². The van der Waals surface area contributed by atoms with E-state index in [0.29, 0.717) is 52.4 Å². The maximum atomic E-state index is 13.7. The minimum atomic E-state index is -1.03. The van der Waals surface area contributed by atoms with Gasteiger partial charge in [-0.1, -0.05) is 20.3 Å². The molecule has 4 radical (unpaired) electrons. The molecule has 0 atom stereocenters. The predicted octanol–water partition coefficient (Wildman–Crippen LogP) is 1.72. The summed E-state index contributed by atoms with van der Waals surface area (Å²) >= 11 is 0. The van der Waals surface area contributed by atoms with Crippen molar-refractivity contribution in [1.29, 1.82) is 0 Å². The highest BCUT2D eigenvalue weighted by molar-refractivity contribution is 5.83. The number of nitrogens with zero attached hydrogens (tertiary/aromatic N) is 12. The van der Waals surface area contributed by atoms with Crippen LogP contribution in [0.25, 0.3) is 0 Å². The van der Waals surface area contributed by atoms with E-state index < -0.39 is 44.3 Å². The van der Waals surface area contributed by atoms with Crippen molar-refractivity contribution in [3.63, 3.8) is 0 Å². The van der Waals surface area contributed by atoms with Gasteiger partial charge < -0.3 is 20.8 Å².